The van der Waals surface area contributed by atoms with Crippen LogP contribution in [0.4, 0.5) is 0 Å². The molecule has 1 aromatic rings. The highest BCUT2D eigenvalue weighted by Crippen LogP contribution is 2.15. The van der Waals surface area contributed by atoms with Gasteiger partial charge in [0.15, 0.2) is 0 Å². The van der Waals surface area contributed by atoms with Gasteiger partial charge in [0.25, 0.3) is 5.91 Å². The molecule has 0 radical (unpaired) electrons. The highest BCUT2D eigenvalue weighted by molar-refractivity contribution is 5.93. The summed E-state index contributed by atoms with van der Waals surface area (Å²) in [6, 6.07) is 1.25. The van der Waals surface area contributed by atoms with Gasteiger partial charge < -0.3 is 25.5 Å². The number of nitrogens with one attached hydrogen (secondary N) is 2. The van der Waals surface area contributed by atoms with Gasteiger partial charge in [-0.1, -0.05) is 20.3 Å². The molecule has 0 aliphatic heterocycles. The third-order valence-electron chi connectivity index (χ3n) is 4.22. The van der Waals surface area contributed by atoms with Crippen molar-refractivity contribution in [2.75, 3.05) is 26.2 Å². The van der Waals surface area contributed by atoms with Gasteiger partial charge in [0.1, 0.15) is 0 Å². The van der Waals surface area contributed by atoms with E-state index in [4.69, 9.17) is 14.9 Å². The van der Waals surface area contributed by atoms with Gasteiger partial charge in [0.05, 0.1) is 12.9 Å². The highest BCUT2D eigenvalue weighted by atomic mass is 16.5. The average Bonchev–Trinajstić information content (AvgIpc) is 2.61. The molecular weight excluding hydrogens is 322 g/mol. The number of amides is 1. The van der Waals surface area contributed by atoms with Gasteiger partial charge in [-0.25, -0.2) is 0 Å². The molecule has 7 heteroatoms. The second kappa shape index (κ2) is 10.9. The third kappa shape index (κ3) is 6.88. The Morgan fingerprint density at radius 3 is 2.76 bits per heavy atom. The maximum atomic E-state index is 12.4. The van der Waals surface area contributed by atoms with E-state index >= 15 is 0 Å². The van der Waals surface area contributed by atoms with Crippen LogP contribution in [-0.4, -0.2) is 37.7 Å². The summed E-state index contributed by atoms with van der Waals surface area (Å²) in [7, 11) is 0. The van der Waals surface area contributed by atoms with Crippen molar-refractivity contribution in [3.05, 3.63) is 28.3 Å². The molecule has 0 aromatic carbocycles. The van der Waals surface area contributed by atoms with Gasteiger partial charge in [-0.15, -0.1) is 0 Å². The molecule has 142 valence electrons. The molecule has 1 heterocycles. The van der Waals surface area contributed by atoms with Crippen molar-refractivity contribution in [2.24, 2.45) is 5.73 Å². The fraction of sp³-hybridized carbons (Fsp3) is 0.667. The monoisotopic (exact) mass is 353 g/mol. The molecule has 7 nitrogen and oxygen atoms in total. The molecule has 0 saturated carbocycles. The zero-order valence-corrected chi connectivity index (χ0v) is 15.5. The van der Waals surface area contributed by atoms with Crippen LogP contribution in [-0.2, 0) is 0 Å². The number of carbonyl (C=O) groups is 1. The lowest BCUT2D eigenvalue weighted by atomic mass is 9.94. The van der Waals surface area contributed by atoms with Crippen LogP contribution in [0.1, 0.15) is 57.0 Å². The Balaban J connectivity index is 2.68. The zero-order chi connectivity index (χ0) is 18.7. The molecule has 0 saturated heterocycles. The number of unbranched alkanes of at least 4 members (excludes halogenated alkanes) is 1. The van der Waals surface area contributed by atoms with Gasteiger partial charge >= 0.3 is 0 Å². The Morgan fingerprint density at radius 2 is 2.12 bits per heavy atom. The molecule has 0 bridgehead atoms. The predicted octanol–water partition coefficient (Wildman–Crippen LogP) is 1.66. The molecule has 1 rings (SSSR count). The molecule has 1 unspecified atom stereocenters. The summed E-state index contributed by atoms with van der Waals surface area (Å²) in [5.74, 6) is -0.536. The number of rotatable bonds is 12. The highest BCUT2D eigenvalue weighted by Gasteiger charge is 2.22. The van der Waals surface area contributed by atoms with Gasteiger partial charge in [0.2, 0.25) is 16.9 Å². The number of hydrogen-bond donors (Lipinski definition) is 3. The number of nitrogens with two attached hydrogens (primary N) is 1. The Hall–Kier alpha value is -1.86. The van der Waals surface area contributed by atoms with Crippen molar-refractivity contribution < 1.29 is 13.9 Å². The lowest BCUT2D eigenvalue weighted by Gasteiger charge is -2.29. The van der Waals surface area contributed by atoms with Gasteiger partial charge in [-0.05, 0) is 26.2 Å². The minimum atomic E-state index is -0.443. The predicted molar refractivity (Wildman–Crippen MR) is 98.1 cm³/mol. The van der Waals surface area contributed by atoms with E-state index in [0.29, 0.717) is 19.7 Å². The second-order valence-corrected chi connectivity index (χ2v) is 6.28. The standard InChI is InChI=1S/C18H31N3O4/c1-4-6-12-24-15-14(22)7-13-25-16(15)17(23)20-10-8-18(3,5-2)21-11-9-19/h7,13,21H,4-6,8-12,19H2,1-3H3,(H,20,23). The van der Waals surface area contributed by atoms with E-state index in [1.54, 1.807) is 0 Å². The normalized spacial score (nSPS) is 13.3. The quantitative estimate of drug-likeness (QED) is 0.493. The van der Waals surface area contributed by atoms with Gasteiger partial charge in [-0.2, -0.15) is 0 Å². The number of ether oxygens (including phenoxy) is 1. The molecule has 25 heavy (non-hydrogen) atoms. The molecule has 1 aromatic heterocycles. The average molecular weight is 353 g/mol. The van der Waals surface area contributed by atoms with Crippen LogP contribution in [0.15, 0.2) is 21.5 Å². The Bertz CT molecular complexity index is 588. The van der Waals surface area contributed by atoms with E-state index in [9.17, 15) is 9.59 Å². The first-order chi connectivity index (χ1) is 12.0. The number of carbonyl (C=O) groups excluding carboxylic acids is 1. The van der Waals surface area contributed by atoms with Crippen molar-refractivity contribution in [3.63, 3.8) is 0 Å². The minimum absolute atomic E-state index is 0.0204. The van der Waals surface area contributed by atoms with E-state index in [2.05, 4.69) is 24.5 Å². The molecule has 0 spiro atoms. The lowest BCUT2D eigenvalue weighted by Crippen LogP contribution is -2.46. The molecule has 0 aliphatic carbocycles. The van der Waals surface area contributed by atoms with Gasteiger partial charge in [0, 0.05) is 31.2 Å². The molecule has 1 amide bonds. The maximum absolute atomic E-state index is 12.4. The van der Waals surface area contributed by atoms with Crippen molar-refractivity contribution in [1.29, 1.82) is 0 Å². The Morgan fingerprint density at radius 1 is 1.36 bits per heavy atom. The maximum Gasteiger partial charge on any atom is 0.291 e. The Labute approximate surface area is 149 Å². The second-order valence-electron chi connectivity index (χ2n) is 6.28. The fourth-order valence-corrected chi connectivity index (χ4v) is 2.31. The minimum Gasteiger partial charge on any atom is -0.486 e. The molecular formula is C18H31N3O4. The summed E-state index contributed by atoms with van der Waals surface area (Å²) in [5, 5.41) is 6.19. The van der Waals surface area contributed by atoms with Crippen LogP contribution in [0.5, 0.6) is 5.75 Å². The molecule has 1 atom stereocenters. The summed E-state index contributed by atoms with van der Waals surface area (Å²) in [6.07, 6.45) is 4.60. The van der Waals surface area contributed by atoms with Gasteiger partial charge in [-0.3, -0.25) is 9.59 Å². The first-order valence-corrected chi connectivity index (χ1v) is 8.95. The molecule has 0 fully saturated rings. The third-order valence-corrected chi connectivity index (χ3v) is 4.22. The smallest absolute Gasteiger partial charge is 0.291 e. The van der Waals surface area contributed by atoms with Crippen molar-refractivity contribution >= 4 is 5.91 Å². The van der Waals surface area contributed by atoms with Crippen molar-refractivity contribution in [2.45, 2.75) is 52.0 Å². The van der Waals surface area contributed by atoms with E-state index in [1.165, 1.54) is 12.3 Å². The summed E-state index contributed by atoms with van der Waals surface area (Å²) < 4.78 is 10.7. The van der Waals surface area contributed by atoms with Crippen molar-refractivity contribution in [3.8, 4) is 5.75 Å². The largest absolute Gasteiger partial charge is 0.486 e. The molecule has 4 N–H and O–H groups in total. The van der Waals surface area contributed by atoms with Crippen LogP contribution < -0.4 is 26.5 Å². The summed E-state index contributed by atoms with van der Waals surface area (Å²) >= 11 is 0. The van der Waals surface area contributed by atoms with Crippen LogP contribution in [0, 0.1) is 0 Å². The topological polar surface area (TPSA) is 107 Å². The van der Waals surface area contributed by atoms with Crippen LogP contribution in [0.3, 0.4) is 0 Å². The van der Waals surface area contributed by atoms with Crippen LogP contribution in [0.2, 0.25) is 0 Å². The summed E-state index contributed by atoms with van der Waals surface area (Å²) in [4.78, 5) is 24.3. The summed E-state index contributed by atoms with van der Waals surface area (Å²) in [6.45, 7) is 8.32. The zero-order valence-electron chi connectivity index (χ0n) is 15.5. The molecule has 0 aliphatic rings. The summed E-state index contributed by atoms with van der Waals surface area (Å²) in [5.41, 5.74) is 5.08. The Kier molecular flexibility index (Phi) is 9.23. The van der Waals surface area contributed by atoms with E-state index in [0.717, 1.165) is 32.2 Å². The van der Waals surface area contributed by atoms with Crippen LogP contribution >= 0.6 is 0 Å². The van der Waals surface area contributed by atoms with Crippen molar-refractivity contribution in [1.82, 2.24) is 10.6 Å². The SMILES string of the molecule is CCCCOc1c(C(=O)NCCC(C)(CC)NCCN)occc1=O. The van der Waals surface area contributed by atoms with Crippen LogP contribution in [0.25, 0.3) is 0 Å². The fourth-order valence-electron chi connectivity index (χ4n) is 2.31. The van der Waals surface area contributed by atoms with E-state index in [-0.39, 0.29) is 22.5 Å². The first-order valence-electron chi connectivity index (χ1n) is 8.95. The van der Waals surface area contributed by atoms with E-state index in [1.807, 2.05) is 6.92 Å². The number of hydrogen-bond acceptors (Lipinski definition) is 6. The lowest BCUT2D eigenvalue weighted by molar-refractivity contribution is 0.0911. The van der Waals surface area contributed by atoms with E-state index < -0.39 is 5.91 Å². The first kappa shape index (κ1) is 21.2.